The van der Waals surface area contributed by atoms with E-state index in [9.17, 15) is 0 Å². The van der Waals surface area contributed by atoms with Crippen molar-refractivity contribution in [1.29, 1.82) is 0 Å². The lowest BCUT2D eigenvalue weighted by Gasteiger charge is -2.11. The second-order valence-electron chi connectivity index (χ2n) is 3.07. The van der Waals surface area contributed by atoms with E-state index in [1.807, 2.05) is 0 Å². The number of rotatable bonds is 5. The minimum Gasteiger partial charge on any atom is -0.368 e. The van der Waals surface area contributed by atoms with Gasteiger partial charge in [-0.05, 0) is 6.26 Å². The first-order valence-corrected chi connectivity index (χ1v) is 6.31. The zero-order valence-electron chi connectivity index (χ0n) is 9.04. The summed E-state index contributed by atoms with van der Waals surface area (Å²) in [6.07, 6.45) is 3.67. The molecule has 0 aromatic carbocycles. The molecule has 84 valence electrons. The number of halogens is 1. The van der Waals surface area contributed by atoms with Crippen LogP contribution in [0.2, 0.25) is 5.02 Å². The van der Waals surface area contributed by atoms with E-state index in [1.54, 1.807) is 25.0 Å². The van der Waals surface area contributed by atoms with Crippen molar-refractivity contribution >= 4 is 35.1 Å². The first-order valence-electron chi connectivity index (χ1n) is 4.64. The van der Waals surface area contributed by atoms with E-state index in [0.717, 1.165) is 6.54 Å². The molecule has 0 aliphatic rings. The van der Waals surface area contributed by atoms with Crippen LogP contribution >= 0.6 is 23.4 Å². The Morgan fingerprint density at radius 3 is 2.93 bits per heavy atom. The van der Waals surface area contributed by atoms with Crippen LogP contribution in [0.4, 0.5) is 11.8 Å². The van der Waals surface area contributed by atoms with Gasteiger partial charge < -0.3 is 10.6 Å². The fraction of sp³-hybridized carbons (Fsp3) is 0.556. The van der Waals surface area contributed by atoms with Crippen molar-refractivity contribution in [2.24, 2.45) is 0 Å². The third-order valence-corrected chi connectivity index (χ3v) is 3.18. The Labute approximate surface area is 99.2 Å². The van der Waals surface area contributed by atoms with Gasteiger partial charge in [-0.1, -0.05) is 18.5 Å². The summed E-state index contributed by atoms with van der Waals surface area (Å²) in [6.45, 7) is 2.98. The first-order chi connectivity index (χ1) is 7.17. The normalized spacial score (nSPS) is 12.3. The molecular formula is C9H15ClN4S. The zero-order chi connectivity index (χ0) is 11.3. The average Bonchev–Trinajstić information content (AvgIpc) is 2.27. The summed E-state index contributed by atoms with van der Waals surface area (Å²) in [5.74, 6) is 1.25. The molecule has 1 heterocycles. The first kappa shape index (κ1) is 12.4. The van der Waals surface area contributed by atoms with Gasteiger partial charge in [-0.2, -0.15) is 16.7 Å². The molecule has 0 radical (unpaired) electrons. The van der Waals surface area contributed by atoms with Crippen LogP contribution in [0.15, 0.2) is 6.20 Å². The van der Waals surface area contributed by atoms with Gasteiger partial charge in [-0.3, -0.25) is 0 Å². The third-order valence-electron chi connectivity index (χ3n) is 1.93. The highest BCUT2D eigenvalue weighted by Gasteiger charge is 2.05. The highest BCUT2D eigenvalue weighted by molar-refractivity contribution is 7.99. The number of thioether (sulfide) groups is 1. The summed E-state index contributed by atoms with van der Waals surface area (Å²) >= 11 is 7.75. The van der Waals surface area contributed by atoms with E-state index in [4.69, 9.17) is 11.6 Å². The largest absolute Gasteiger partial charge is 0.368 e. The van der Waals surface area contributed by atoms with E-state index < -0.39 is 0 Å². The van der Waals surface area contributed by atoms with Crippen molar-refractivity contribution in [2.75, 3.05) is 30.5 Å². The van der Waals surface area contributed by atoms with Crippen molar-refractivity contribution in [3.63, 3.8) is 0 Å². The van der Waals surface area contributed by atoms with Gasteiger partial charge >= 0.3 is 0 Å². The van der Waals surface area contributed by atoms with Gasteiger partial charge in [0.1, 0.15) is 5.02 Å². The molecule has 0 aliphatic heterocycles. The monoisotopic (exact) mass is 246 g/mol. The van der Waals surface area contributed by atoms with Crippen LogP contribution in [0, 0.1) is 0 Å². The van der Waals surface area contributed by atoms with Crippen molar-refractivity contribution < 1.29 is 0 Å². The van der Waals surface area contributed by atoms with Crippen LogP contribution in [0.1, 0.15) is 6.92 Å². The summed E-state index contributed by atoms with van der Waals surface area (Å²) < 4.78 is 0. The molecule has 1 unspecified atom stereocenters. The van der Waals surface area contributed by atoms with Crippen LogP contribution in [0.5, 0.6) is 0 Å². The predicted octanol–water partition coefficient (Wildman–Crippen LogP) is 2.34. The molecule has 6 heteroatoms. The van der Waals surface area contributed by atoms with Crippen LogP contribution < -0.4 is 10.6 Å². The van der Waals surface area contributed by atoms with E-state index in [2.05, 4.69) is 33.8 Å². The average molecular weight is 247 g/mol. The Kier molecular flexibility index (Phi) is 4.98. The smallest absolute Gasteiger partial charge is 0.224 e. The summed E-state index contributed by atoms with van der Waals surface area (Å²) in [5.41, 5.74) is 0. The van der Waals surface area contributed by atoms with Gasteiger partial charge in [0.05, 0.1) is 6.20 Å². The Hall–Kier alpha value is -0.680. The van der Waals surface area contributed by atoms with Gasteiger partial charge in [0.25, 0.3) is 0 Å². The van der Waals surface area contributed by atoms with Crippen LogP contribution in [-0.4, -0.2) is 35.1 Å². The molecule has 0 spiro atoms. The number of nitrogens with one attached hydrogen (secondary N) is 2. The molecule has 0 fully saturated rings. The van der Waals surface area contributed by atoms with E-state index in [0.29, 0.717) is 22.0 Å². The van der Waals surface area contributed by atoms with E-state index >= 15 is 0 Å². The standard InChI is InChI=1S/C9H15ClN4S/c1-6(15-3)4-12-8-7(10)5-13-9(11-2)14-8/h5-6H,4H2,1-3H3,(H2,11,12,13,14). The molecule has 0 amide bonds. The molecule has 0 saturated heterocycles. The molecule has 4 nitrogen and oxygen atoms in total. The lowest BCUT2D eigenvalue weighted by atomic mass is 10.4. The van der Waals surface area contributed by atoms with Crippen molar-refractivity contribution in [2.45, 2.75) is 12.2 Å². The van der Waals surface area contributed by atoms with E-state index in [-0.39, 0.29) is 0 Å². The predicted molar refractivity (Wildman–Crippen MR) is 68.1 cm³/mol. The summed E-state index contributed by atoms with van der Waals surface area (Å²) in [5, 5.41) is 7.13. The zero-order valence-corrected chi connectivity index (χ0v) is 10.6. The number of aromatic nitrogens is 2. The highest BCUT2D eigenvalue weighted by atomic mass is 35.5. The van der Waals surface area contributed by atoms with Gasteiger partial charge in [0.2, 0.25) is 5.95 Å². The number of nitrogens with zero attached hydrogens (tertiary/aromatic N) is 2. The van der Waals surface area contributed by atoms with Crippen molar-refractivity contribution in [1.82, 2.24) is 9.97 Å². The minimum atomic E-state index is 0.522. The lowest BCUT2D eigenvalue weighted by Crippen LogP contribution is -2.14. The fourth-order valence-corrected chi connectivity index (χ4v) is 1.34. The third kappa shape index (κ3) is 3.76. The molecule has 1 aromatic rings. The molecule has 0 aliphatic carbocycles. The summed E-state index contributed by atoms with van der Waals surface area (Å²) in [6, 6.07) is 0. The molecule has 1 aromatic heterocycles. The topological polar surface area (TPSA) is 49.8 Å². The second kappa shape index (κ2) is 6.02. The van der Waals surface area contributed by atoms with E-state index in [1.165, 1.54) is 0 Å². The van der Waals surface area contributed by atoms with Crippen molar-refractivity contribution in [3.05, 3.63) is 11.2 Å². The van der Waals surface area contributed by atoms with Gasteiger partial charge in [-0.25, -0.2) is 4.98 Å². The molecular weight excluding hydrogens is 232 g/mol. The second-order valence-corrected chi connectivity index (χ2v) is 4.75. The van der Waals surface area contributed by atoms with Crippen LogP contribution in [-0.2, 0) is 0 Å². The Bertz CT molecular complexity index is 321. The maximum atomic E-state index is 5.96. The van der Waals surface area contributed by atoms with Gasteiger partial charge in [0.15, 0.2) is 5.82 Å². The van der Waals surface area contributed by atoms with Crippen LogP contribution in [0.25, 0.3) is 0 Å². The maximum Gasteiger partial charge on any atom is 0.224 e. The Balaban J connectivity index is 2.66. The molecule has 1 rings (SSSR count). The maximum absolute atomic E-state index is 5.96. The highest BCUT2D eigenvalue weighted by Crippen LogP contribution is 2.19. The van der Waals surface area contributed by atoms with Gasteiger partial charge in [-0.15, -0.1) is 0 Å². The number of anilines is 2. The fourth-order valence-electron chi connectivity index (χ4n) is 0.935. The number of hydrogen-bond acceptors (Lipinski definition) is 5. The Morgan fingerprint density at radius 1 is 1.60 bits per heavy atom. The molecule has 1 atom stereocenters. The molecule has 0 bridgehead atoms. The van der Waals surface area contributed by atoms with Crippen LogP contribution in [0.3, 0.4) is 0 Å². The summed E-state index contributed by atoms with van der Waals surface area (Å²) in [7, 11) is 1.78. The van der Waals surface area contributed by atoms with Crippen molar-refractivity contribution in [3.8, 4) is 0 Å². The van der Waals surface area contributed by atoms with Gasteiger partial charge in [0, 0.05) is 18.8 Å². The minimum absolute atomic E-state index is 0.522. The quantitative estimate of drug-likeness (QED) is 0.835. The summed E-state index contributed by atoms with van der Waals surface area (Å²) in [4.78, 5) is 8.23. The molecule has 2 N–H and O–H groups in total. The Morgan fingerprint density at radius 2 is 2.33 bits per heavy atom. The lowest BCUT2D eigenvalue weighted by molar-refractivity contribution is 0.986. The number of hydrogen-bond donors (Lipinski definition) is 2. The molecule has 0 saturated carbocycles. The SMILES string of the molecule is CNc1ncc(Cl)c(NCC(C)SC)n1. The molecule has 15 heavy (non-hydrogen) atoms.